The Labute approximate surface area is 73.6 Å². The fourth-order valence-electron chi connectivity index (χ4n) is 1.07. The number of aldehydes is 1. The van der Waals surface area contributed by atoms with Crippen LogP contribution in [0, 0.1) is 0 Å². The predicted octanol–water partition coefficient (Wildman–Crippen LogP) is 1.80. The number of carbonyl (C=O) groups is 1. The van der Waals surface area contributed by atoms with Crippen molar-refractivity contribution in [3.8, 4) is 0 Å². The van der Waals surface area contributed by atoms with Gasteiger partial charge in [-0.2, -0.15) is 0 Å². The van der Waals surface area contributed by atoms with Crippen LogP contribution in [0.15, 0.2) is 24.5 Å². The zero-order valence-electron chi connectivity index (χ0n) is 6.07. The van der Waals surface area contributed by atoms with Crippen molar-refractivity contribution in [1.29, 1.82) is 0 Å². The van der Waals surface area contributed by atoms with Crippen LogP contribution >= 0.6 is 11.6 Å². The molecule has 0 aliphatic heterocycles. The average molecular weight is 181 g/mol. The quantitative estimate of drug-likeness (QED) is 0.496. The number of carbonyl (C=O) groups excluding carboxylic acids is 1. The second-order valence-electron chi connectivity index (χ2n) is 2.38. The molecule has 0 aromatic carbocycles. The van der Waals surface area contributed by atoms with E-state index < -0.39 is 0 Å². The molecule has 2 aromatic rings. The Morgan fingerprint density at radius 2 is 2.33 bits per heavy atom. The van der Waals surface area contributed by atoms with Crippen molar-refractivity contribution in [3.05, 3.63) is 35.2 Å². The molecular weight excluding hydrogens is 176 g/mol. The average Bonchev–Trinajstić information content (AvgIpc) is 2.52. The molecule has 4 heteroatoms. The normalized spacial score (nSPS) is 10.4. The van der Waals surface area contributed by atoms with E-state index in [0.717, 1.165) is 6.29 Å². The van der Waals surface area contributed by atoms with Crippen LogP contribution in [0.2, 0.25) is 5.15 Å². The Bertz CT molecular complexity index is 436. The van der Waals surface area contributed by atoms with Crippen LogP contribution in [0.5, 0.6) is 0 Å². The van der Waals surface area contributed by atoms with Gasteiger partial charge in [0.15, 0.2) is 0 Å². The monoisotopic (exact) mass is 180 g/mol. The Morgan fingerprint density at radius 1 is 1.50 bits per heavy atom. The highest BCUT2D eigenvalue weighted by Gasteiger charge is 2.00. The molecule has 0 saturated heterocycles. The summed E-state index contributed by atoms with van der Waals surface area (Å²) < 4.78 is 1.70. The first-order chi connectivity index (χ1) is 5.81. The van der Waals surface area contributed by atoms with Gasteiger partial charge in [-0.3, -0.25) is 9.20 Å². The summed E-state index contributed by atoms with van der Waals surface area (Å²) in [5.41, 5.74) is 1.23. The summed E-state index contributed by atoms with van der Waals surface area (Å²) in [5, 5.41) is 0.493. The van der Waals surface area contributed by atoms with Crippen LogP contribution in [0.3, 0.4) is 0 Å². The molecule has 0 aliphatic carbocycles. The number of fused-ring (bicyclic) bond motifs is 1. The van der Waals surface area contributed by atoms with E-state index in [9.17, 15) is 4.79 Å². The second kappa shape index (κ2) is 2.60. The zero-order valence-corrected chi connectivity index (χ0v) is 6.82. The maximum Gasteiger partial charge on any atom is 0.150 e. The topological polar surface area (TPSA) is 34.4 Å². The number of nitrogens with zero attached hydrogens (tertiary/aromatic N) is 2. The van der Waals surface area contributed by atoms with E-state index in [4.69, 9.17) is 11.6 Å². The standard InChI is InChI=1S/C8H5ClN2O/c9-7-3-6(5-12)4-8-10-1-2-11(7)8/h1-5H. The van der Waals surface area contributed by atoms with Crippen LogP contribution < -0.4 is 0 Å². The first-order valence-corrected chi connectivity index (χ1v) is 3.77. The van der Waals surface area contributed by atoms with E-state index in [-0.39, 0.29) is 0 Å². The molecule has 12 heavy (non-hydrogen) atoms. The molecule has 0 saturated carbocycles. The predicted molar refractivity (Wildman–Crippen MR) is 45.6 cm³/mol. The van der Waals surface area contributed by atoms with Crippen molar-refractivity contribution in [2.45, 2.75) is 0 Å². The smallest absolute Gasteiger partial charge is 0.150 e. The van der Waals surface area contributed by atoms with Crippen molar-refractivity contribution in [2.24, 2.45) is 0 Å². The first kappa shape index (κ1) is 7.31. The van der Waals surface area contributed by atoms with E-state index in [1.807, 2.05) is 0 Å². The van der Waals surface area contributed by atoms with E-state index in [1.165, 1.54) is 0 Å². The summed E-state index contributed by atoms with van der Waals surface area (Å²) in [7, 11) is 0. The van der Waals surface area contributed by atoms with Gasteiger partial charge in [0.05, 0.1) is 0 Å². The number of hydrogen-bond donors (Lipinski definition) is 0. The third kappa shape index (κ3) is 0.987. The van der Waals surface area contributed by atoms with E-state index in [0.29, 0.717) is 16.4 Å². The minimum Gasteiger partial charge on any atom is -0.298 e. The van der Waals surface area contributed by atoms with Gasteiger partial charge in [-0.25, -0.2) is 4.98 Å². The van der Waals surface area contributed by atoms with E-state index in [1.54, 1.807) is 28.9 Å². The number of imidazole rings is 1. The Morgan fingerprint density at radius 3 is 3.08 bits per heavy atom. The lowest BCUT2D eigenvalue weighted by Gasteiger charge is -1.97. The molecule has 2 aromatic heterocycles. The van der Waals surface area contributed by atoms with Crippen LogP contribution in [0.25, 0.3) is 5.65 Å². The molecular formula is C8H5ClN2O. The minimum atomic E-state index is 0.493. The summed E-state index contributed by atoms with van der Waals surface area (Å²) in [6, 6.07) is 3.28. The molecule has 0 fully saturated rings. The highest BCUT2D eigenvalue weighted by molar-refractivity contribution is 6.30. The van der Waals surface area contributed by atoms with Crippen molar-refractivity contribution >= 4 is 23.5 Å². The summed E-state index contributed by atoms with van der Waals surface area (Å²) in [6.07, 6.45) is 4.13. The molecule has 0 unspecified atom stereocenters. The van der Waals surface area contributed by atoms with Gasteiger partial charge < -0.3 is 0 Å². The van der Waals surface area contributed by atoms with E-state index >= 15 is 0 Å². The highest BCUT2D eigenvalue weighted by atomic mass is 35.5. The Balaban J connectivity index is 2.83. The lowest BCUT2D eigenvalue weighted by molar-refractivity contribution is 0.112. The van der Waals surface area contributed by atoms with E-state index in [2.05, 4.69) is 4.98 Å². The fourth-order valence-corrected chi connectivity index (χ4v) is 1.34. The van der Waals surface area contributed by atoms with Gasteiger partial charge in [-0.05, 0) is 12.1 Å². The number of pyridine rings is 1. The SMILES string of the molecule is O=Cc1cc(Cl)n2ccnc2c1. The number of aromatic nitrogens is 2. The highest BCUT2D eigenvalue weighted by Crippen LogP contribution is 2.13. The summed E-state index contributed by atoms with van der Waals surface area (Å²) in [6.45, 7) is 0. The Kier molecular flexibility index (Phi) is 1.59. The fraction of sp³-hybridized carbons (Fsp3) is 0. The van der Waals surface area contributed by atoms with Gasteiger partial charge in [0.25, 0.3) is 0 Å². The third-order valence-electron chi connectivity index (χ3n) is 1.62. The van der Waals surface area contributed by atoms with Crippen molar-refractivity contribution < 1.29 is 4.79 Å². The number of rotatable bonds is 1. The minimum absolute atomic E-state index is 0.493. The Hall–Kier alpha value is -1.35. The van der Waals surface area contributed by atoms with Gasteiger partial charge >= 0.3 is 0 Å². The molecule has 3 nitrogen and oxygen atoms in total. The zero-order chi connectivity index (χ0) is 8.55. The number of hydrogen-bond acceptors (Lipinski definition) is 2. The lowest BCUT2D eigenvalue weighted by Crippen LogP contribution is -1.88. The molecule has 2 rings (SSSR count). The van der Waals surface area contributed by atoms with Gasteiger partial charge in [-0.15, -0.1) is 0 Å². The largest absolute Gasteiger partial charge is 0.298 e. The molecule has 60 valence electrons. The van der Waals surface area contributed by atoms with Crippen molar-refractivity contribution in [1.82, 2.24) is 9.38 Å². The maximum atomic E-state index is 10.4. The van der Waals surface area contributed by atoms with Gasteiger partial charge in [0, 0.05) is 18.0 Å². The molecule has 0 spiro atoms. The molecule has 2 heterocycles. The summed E-state index contributed by atoms with van der Waals surface area (Å²) in [4.78, 5) is 14.4. The molecule has 0 N–H and O–H groups in total. The van der Waals surface area contributed by atoms with Crippen LogP contribution in [0.1, 0.15) is 10.4 Å². The van der Waals surface area contributed by atoms with Gasteiger partial charge in [0.2, 0.25) is 0 Å². The summed E-state index contributed by atoms with van der Waals surface area (Å²) >= 11 is 5.85. The molecule has 0 amide bonds. The molecule has 0 atom stereocenters. The van der Waals surface area contributed by atoms with Gasteiger partial charge in [-0.1, -0.05) is 11.6 Å². The van der Waals surface area contributed by atoms with Crippen molar-refractivity contribution in [2.75, 3.05) is 0 Å². The lowest BCUT2D eigenvalue weighted by atomic mass is 10.3. The molecule has 0 aliphatic rings. The third-order valence-corrected chi connectivity index (χ3v) is 1.91. The maximum absolute atomic E-state index is 10.4. The second-order valence-corrected chi connectivity index (χ2v) is 2.77. The van der Waals surface area contributed by atoms with Crippen LogP contribution in [-0.2, 0) is 0 Å². The van der Waals surface area contributed by atoms with Crippen molar-refractivity contribution in [3.63, 3.8) is 0 Å². The van der Waals surface area contributed by atoms with Gasteiger partial charge in [0.1, 0.15) is 17.1 Å². The number of halogens is 1. The molecule has 0 bridgehead atoms. The van der Waals surface area contributed by atoms with Crippen LogP contribution in [0.4, 0.5) is 0 Å². The van der Waals surface area contributed by atoms with Crippen LogP contribution in [-0.4, -0.2) is 15.7 Å². The summed E-state index contributed by atoms with van der Waals surface area (Å²) in [5.74, 6) is 0. The first-order valence-electron chi connectivity index (χ1n) is 3.39. The molecule has 0 radical (unpaired) electrons.